The van der Waals surface area contributed by atoms with Gasteiger partial charge in [0.15, 0.2) is 6.70 Å². The Kier molecular flexibility index (Phi) is 3.20. The van der Waals surface area contributed by atoms with E-state index in [1.54, 1.807) is 0 Å². The SMILES string of the molecule is C=C(C)[C@@H]1CC[C@]2(C)SP(Cl)O[C@H]2C1. The summed E-state index contributed by atoms with van der Waals surface area (Å²) < 4.78 is 6.08. The second-order valence-corrected chi connectivity index (χ2v) is 9.34. The molecule has 0 radical (unpaired) electrons. The van der Waals surface area contributed by atoms with E-state index in [0.29, 0.717) is 12.0 Å². The second kappa shape index (κ2) is 3.97. The molecule has 80 valence electrons. The van der Waals surface area contributed by atoms with Crippen LogP contribution >= 0.6 is 29.3 Å². The number of hydrogen-bond acceptors (Lipinski definition) is 2. The molecule has 0 spiro atoms. The van der Waals surface area contributed by atoms with Crippen LogP contribution in [0.4, 0.5) is 0 Å². The lowest BCUT2D eigenvalue weighted by Crippen LogP contribution is -2.39. The van der Waals surface area contributed by atoms with Crippen LogP contribution in [0.5, 0.6) is 0 Å². The first-order chi connectivity index (χ1) is 6.51. The predicted molar refractivity (Wildman–Crippen MR) is 65.8 cm³/mol. The zero-order valence-corrected chi connectivity index (χ0v) is 11.1. The standard InChI is InChI=1S/C10H16ClOPS/c1-7(2)8-4-5-10(3)9(6-8)12-13(11)14-10/h8-9H,1,4-6H2,2-3H3/t8-,9+,10+,13?/m1/s1. The van der Waals surface area contributed by atoms with Crippen LogP contribution in [0.2, 0.25) is 0 Å². The van der Waals surface area contributed by atoms with Gasteiger partial charge < -0.3 is 4.52 Å². The molecule has 4 atom stereocenters. The van der Waals surface area contributed by atoms with E-state index >= 15 is 0 Å². The molecule has 1 saturated heterocycles. The van der Waals surface area contributed by atoms with Crippen LogP contribution in [0, 0.1) is 5.92 Å². The highest BCUT2D eigenvalue weighted by Gasteiger charge is 2.49. The summed E-state index contributed by atoms with van der Waals surface area (Å²) in [6.45, 7) is 7.72. The number of allylic oxidation sites excluding steroid dienone is 1. The summed E-state index contributed by atoms with van der Waals surface area (Å²) in [6.07, 6.45) is 3.93. The maximum absolute atomic E-state index is 6.09. The van der Waals surface area contributed by atoms with Gasteiger partial charge in [-0.1, -0.05) is 34.8 Å². The molecule has 1 heterocycles. The van der Waals surface area contributed by atoms with E-state index in [-0.39, 0.29) is 4.75 Å². The molecule has 1 unspecified atom stereocenters. The van der Waals surface area contributed by atoms with Crippen molar-refractivity contribution in [1.29, 1.82) is 0 Å². The highest BCUT2D eigenvalue weighted by atomic mass is 35.7. The van der Waals surface area contributed by atoms with Gasteiger partial charge in [-0.25, -0.2) is 0 Å². The van der Waals surface area contributed by atoms with Crippen LogP contribution in [0.15, 0.2) is 12.2 Å². The van der Waals surface area contributed by atoms with Crippen molar-refractivity contribution in [3.63, 3.8) is 0 Å². The Morgan fingerprint density at radius 3 is 3.07 bits per heavy atom. The normalized spacial score (nSPS) is 47.5. The molecule has 14 heavy (non-hydrogen) atoms. The summed E-state index contributed by atoms with van der Waals surface area (Å²) in [4.78, 5) is 0. The molecule has 1 saturated carbocycles. The van der Waals surface area contributed by atoms with Gasteiger partial charge in [0.1, 0.15) is 0 Å². The molecule has 2 rings (SSSR count). The summed E-state index contributed by atoms with van der Waals surface area (Å²) in [5.41, 5.74) is 1.30. The van der Waals surface area contributed by atoms with Crippen molar-refractivity contribution in [2.45, 2.75) is 44.0 Å². The average molecular weight is 251 g/mol. The molecule has 0 aromatic heterocycles. The van der Waals surface area contributed by atoms with Gasteiger partial charge in [-0.3, -0.25) is 0 Å². The highest BCUT2D eigenvalue weighted by Crippen LogP contribution is 2.71. The Labute approximate surface area is 96.0 Å². The monoisotopic (exact) mass is 250 g/mol. The molecule has 0 aromatic rings. The van der Waals surface area contributed by atoms with Gasteiger partial charge in [-0.2, -0.15) is 0 Å². The van der Waals surface area contributed by atoms with Gasteiger partial charge in [-0.05, 0) is 39.0 Å². The van der Waals surface area contributed by atoms with Gasteiger partial charge in [0.05, 0.1) is 6.10 Å². The molecule has 0 N–H and O–H groups in total. The van der Waals surface area contributed by atoms with E-state index in [9.17, 15) is 0 Å². The molecule has 2 aliphatic rings. The Morgan fingerprint density at radius 1 is 1.71 bits per heavy atom. The molecule has 0 bridgehead atoms. The Hall–Kier alpha value is 0.770. The molecule has 0 aromatic carbocycles. The minimum Gasteiger partial charge on any atom is -0.330 e. The average Bonchev–Trinajstić information content (AvgIpc) is 2.37. The van der Waals surface area contributed by atoms with Crippen molar-refractivity contribution in [2.24, 2.45) is 5.92 Å². The van der Waals surface area contributed by atoms with Gasteiger partial charge >= 0.3 is 0 Å². The molecule has 1 nitrogen and oxygen atoms in total. The Bertz CT molecular complexity index is 261. The molecular weight excluding hydrogens is 235 g/mol. The first-order valence-corrected chi connectivity index (χ1v) is 8.57. The smallest absolute Gasteiger partial charge is 0.189 e. The lowest BCUT2D eigenvalue weighted by atomic mass is 9.77. The van der Waals surface area contributed by atoms with Gasteiger partial charge in [0.2, 0.25) is 0 Å². The summed E-state index contributed by atoms with van der Waals surface area (Å²) >= 11 is 7.93. The van der Waals surface area contributed by atoms with Crippen molar-refractivity contribution in [2.75, 3.05) is 0 Å². The van der Waals surface area contributed by atoms with Crippen molar-refractivity contribution in [3.05, 3.63) is 12.2 Å². The Morgan fingerprint density at radius 2 is 2.43 bits per heavy atom. The van der Waals surface area contributed by atoms with E-state index < -0.39 is 6.70 Å². The van der Waals surface area contributed by atoms with Crippen LogP contribution in [0.3, 0.4) is 0 Å². The van der Waals surface area contributed by atoms with Gasteiger partial charge in [0.25, 0.3) is 0 Å². The number of fused-ring (bicyclic) bond motifs is 1. The predicted octanol–water partition coefficient (Wildman–Crippen LogP) is 4.72. The van der Waals surface area contributed by atoms with Crippen LogP contribution in [0.1, 0.15) is 33.1 Å². The third-order valence-electron chi connectivity index (χ3n) is 3.36. The van der Waals surface area contributed by atoms with Crippen LogP contribution in [-0.2, 0) is 4.52 Å². The maximum atomic E-state index is 6.09. The van der Waals surface area contributed by atoms with Gasteiger partial charge in [0, 0.05) is 4.75 Å². The van der Waals surface area contributed by atoms with E-state index in [1.165, 1.54) is 18.4 Å². The second-order valence-electron chi connectivity index (χ2n) is 4.53. The number of halogens is 1. The Balaban J connectivity index is 2.07. The zero-order chi connectivity index (χ0) is 10.3. The van der Waals surface area contributed by atoms with E-state index in [0.717, 1.165) is 6.42 Å². The first-order valence-electron chi connectivity index (χ1n) is 4.98. The fraction of sp³-hybridized carbons (Fsp3) is 0.800. The van der Waals surface area contributed by atoms with E-state index in [1.807, 2.05) is 11.4 Å². The molecule has 4 heteroatoms. The maximum Gasteiger partial charge on any atom is 0.189 e. The van der Waals surface area contributed by atoms with Gasteiger partial charge in [-0.15, -0.1) is 0 Å². The molecule has 0 amide bonds. The van der Waals surface area contributed by atoms with Crippen LogP contribution in [0.25, 0.3) is 0 Å². The third-order valence-corrected chi connectivity index (χ3v) is 7.60. The van der Waals surface area contributed by atoms with Crippen LogP contribution in [-0.4, -0.2) is 10.9 Å². The van der Waals surface area contributed by atoms with Crippen molar-refractivity contribution >= 4 is 29.3 Å². The highest BCUT2D eigenvalue weighted by molar-refractivity contribution is 8.62. The third kappa shape index (κ3) is 2.00. The first kappa shape index (κ1) is 11.3. The summed E-state index contributed by atoms with van der Waals surface area (Å²) in [6, 6.07) is 0. The fourth-order valence-electron chi connectivity index (χ4n) is 2.24. The van der Waals surface area contributed by atoms with Crippen LogP contribution < -0.4 is 0 Å². The van der Waals surface area contributed by atoms with E-state index in [2.05, 4.69) is 20.4 Å². The number of rotatable bonds is 1. The van der Waals surface area contributed by atoms with Crippen molar-refractivity contribution in [1.82, 2.24) is 0 Å². The minimum atomic E-state index is -0.743. The molecule has 1 aliphatic heterocycles. The topological polar surface area (TPSA) is 9.23 Å². The largest absolute Gasteiger partial charge is 0.330 e. The quantitative estimate of drug-likeness (QED) is 0.492. The summed E-state index contributed by atoms with van der Waals surface area (Å²) in [7, 11) is 0. The van der Waals surface area contributed by atoms with Crippen molar-refractivity contribution in [3.8, 4) is 0 Å². The summed E-state index contributed by atoms with van der Waals surface area (Å²) in [5, 5.41) is 0. The van der Waals surface area contributed by atoms with Crippen molar-refractivity contribution < 1.29 is 4.52 Å². The zero-order valence-electron chi connectivity index (χ0n) is 8.62. The lowest BCUT2D eigenvalue weighted by molar-refractivity contribution is 0.129. The minimum absolute atomic E-state index is 0.277. The fourth-order valence-corrected chi connectivity index (χ4v) is 7.43. The molecular formula is C10H16ClOPS. The van der Waals surface area contributed by atoms with E-state index in [4.69, 9.17) is 15.8 Å². The molecule has 2 fully saturated rings. The molecule has 1 aliphatic carbocycles. The summed E-state index contributed by atoms with van der Waals surface area (Å²) in [5.74, 6) is 0.645. The number of hydrogen-bond donors (Lipinski definition) is 0. The lowest BCUT2D eigenvalue weighted by Gasteiger charge is -2.37.